The van der Waals surface area contributed by atoms with Gasteiger partial charge < -0.3 is 20.7 Å². The number of amides is 1. The van der Waals surface area contributed by atoms with Crippen LogP contribution in [0, 0.1) is 0 Å². The zero-order valence-corrected chi connectivity index (χ0v) is 13.9. The molecule has 1 aliphatic heterocycles. The van der Waals surface area contributed by atoms with E-state index < -0.39 is 0 Å². The van der Waals surface area contributed by atoms with E-state index in [1.807, 2.05) is 24.3 Å². The van der Waals surface area contributed by atoms with Gasteiger partial charge in [-0.1, -0.05) is 19.1 Å². The van der Waals surface area contributed by atoms with Crippen molar-refractivity contribution in [1.29, 1.82) is 0 Å². The van der Waals surface area contributed by atoms with Crippen molar-refractivity contribution in [3.8, 4) is 0 Å². The van der Waals surface area contributed by atoms with Gasteiger partial charge in [0, 0.05) is 25.9 Å². The van der Waals surface area contributed by atoms with Gasteiger partial charge in [0.15, 0.2) is 5.96 Å². The largest absolute Gasteiger partial charge is 0.376 e. The number of ether oxygens (including phenoxy) is 1. The van der Waals surface area contributed by atoms with Gasteiger partial charge in [-0.15, -0.1) is 0 Å². The van der Waals surface area contributed by atoms with Crippen molar-refractivity contribution in [2.24, 2.45) is 4.99 Å². The summed E-state index contributed by atoms with van der Waals surface area (Å²) in [6, 6.07) is 7.87. The maximum absolute atomic E-state index is 12.0. The van der Waals surface area contributed by atoms with Gasteiger partial charge in [-0.25, -0.2) is 0 Å². The summed E-state index contributed by atoms with van der Waals surface area (Å²) >= 11 is 0. The number of anilines is 1. The molecule has 1 aromatic rings. The summed E-state index contributed by atoms with van der Waals surface area (Å²) in [5, 5.41) is 9.08. The molecular formula is C17H26N4O2. The van der Waals surface area contributed by atoms with Crippen molar-refractivity contribution in [3.63, 3.8) is 0 Å². The molecule has 0 spiro atoms. The molecule has 1 saturated heterocycles. The molecule has 23 heavy (non-hydrogen) atoms. The van der Waals surface area contributed by atoms with E-state index >= 15 is 0 Å². The summed E-state index contributed by atoms with van der Waals surface area (Å²) in [6.45, 7) is 3.80. The number of carbonyl (C=O) groups excluding carboxylic acids is 1. The van der Waals surface area contributed by atoms with E-state index in [1.165, 1.54) is 5.56 Å². The number of benzene rings is 1. The number of nitrogens with zero attached hydrogens (tertiary/aromatic N) is 1. The Morgan fingerprint density at radius 3 is 2.96 bits per heavy atom. The van der Waals surface area contributed by atoms with Gasteiger partial charge in [-0.2, -0.15) is 0 Å². The molecule has 0 bridgehead atoms. The summed E-state index contributed by atoms with van der Waals surface area (Å²) in [5.74, 6) is 0.510. The van der Waals surface area contributed by atoms with Gasteiger partial charge in [0.25, 0.3) is 0 Å². The highest BCUT2D eigenvalue weighted by Crippen LogP contribution is 2.11. The molecule has 0 aliphatic carbocycles. The molecular weight excluding hydrogens is 292 g/mol. The first-order valence-electron chi connectivity index (χ1n) is 8.16. The molecule has 1 aromatic carbocycles. The third-order valence-corrected chi connectivity index (χ3v) is 3.78. The summed E-state index contributed by atoms with van der Waals surface area (Å²) in [6.07, 6.45) is 3.36. The lowest BCUT2D eigenvalue weighted by Crippen LogP contribution is -2.43. The highest BCUT2D eigenvalue weighted by Gasteiger charge is 2.15. The molecule has 0 aromatic heterocycles. The number of guanidine groups is 1. The molecule has 3 N–H and O–H groups in total. The first kappa shape index (κ1) is 17.3. The van der Waals surface area contributed by atoms with Crippen LogP contribution >= 0.6 is 0 Å². The zero-order valence-electron chi connectivity index (χ0n) is 13.9. The number of carbonyl (C=O) groups is 1. The lowest BCUT2D eigenvalue weighted by atomic mass is 10.1. The number of nitrogens with one attached hydrogen (secondary N) is 3. The molecule has 1 amide bonds. The SMILES string of the molecule is CCc1cccc(NC(=O)CNC(=NC)NCC2CCCO2)c1. The van der Waals surface area contributed by atoms with Crippen LogP contribution in [-0.4, -0.2) is 44.7 Å². The average molecular weight is 318 g/mol. The Labute approximate surface area is 137 Å². The molecule has 1 fully saturated rings. The van der Waals surface area contributed by atoms with Gasteiger partial charge in [0.2, 0.25) is 5.91 Å². The fourth-order valence-electron chi connectivity index (χ4n) is 2.47. The van der Waals surface area contributed by atoms with Crippen LogP contribution in [0.5, 0.6) is 0 Å². The summed E-state index contributed by atoms with van der Waals surface area (Å²) in [4.78, 5) is 16.1. The van der Waals surface area contributed by atoms with Crippen LogP contribution in [0.3, 0.4) is 0 Å². The Hall–Kier alpha value is -2.08. The van der Waals surface area contributed by atoms with Crippen LogP contribution in [0.1, 0.15) is 25.3 Å². The predicted molar refractivity (Wildman–Crippen MR) is 92.8 cm³/mol. The minimum Gasteiger partial charge on any atom is -0.376 e. The van der Waals surface area contributed by atoms with Crippen molar-refractivity contribution in [3.05, 3.63) is 29.8 Å². The Kier molecular flexibility index (Phi) is 6.87. The van der Waals surface area contributed by atoms with Crippen molar-refractivity contribution in [2.75, 3.05) is 32.1 Å². The smallest absolute Gasteiger partial charge is 0.243 e. The van der Waals surface area contributed by atoms with Gasteiger partial charge in [-0.3, -0.25) is 9.79 Å². The van der Waals surface area contributed by atoms with Crippen LogP contribution < -0.4 is 16.0 Å². The fourth-order valence-corrected chi connectivity index (χ4v) is 2.47. The maximum Gasteiger partial charge on any atom is 0.243 e. The third-order valence-electron chi connectivity index (χ3n) is 3.78. The Balaban J connectivity index is 1.73. The fraction of sp³-hybridized carbons (Fsp3) is 0.529. The Morgan fingerprint density at radius 2 is 2.26 bits per heavy atom. The topological polar surface area (TPSA) is 74.8 Å². The maximum atomic E-state index is 12.0. The van der Waals surface area contributed by atoms with Crippen molar-refractivity contribution >= 4 is 17.6 Å². The first-order chi connectivity index (χ1) is 11.2. The molecule has 126 valence electrons. The standard InChI is InChI=1S/C17H26N4O2/c1-3-13-6-4-7-14(10-13)21-16(22)12-20-17(18-2)19-11-15-8-5-9-23-15/h4,6-7,10,15H,3,5,8-9,11-12H2,1-2H3,(H,21,22)(H2,18,19,20). The molecule has 2 rings (SSSR count). The second-order valence-electron chi connectivity index (χ2n) is 5.54. The van der Waals surface area contributed by atoms with E-state index in [0.29, 0.717) is 12.5 Å². The molecule has 6 heteroatoms. The van der Waals surface area contributed by atoms with Gasteiger partial charge in [0.05, 0.1) is 12.6 Å². The second kappa shape index (κ2) is 9.15. The van der Waals surface area contributed by atoms with Gasteiger partial charge >= 0.3 is 0 Å². The number of aliphatic imine (C=N–C) groups is 1. The summed E-state index contributed by atoms with van der Waals surface area (Å²) in [5.41, 5.74) is 2.02. The van der Waals surface area contributed by atoms with Crippen LogP contribution in [0.4, 0.5) is 5.69 Å². The van der Waals surface area contributed by atoms with E-state index in [4.69, 9.17) is 4.74 Å². The van der Waals surface area contributed by atoms with E-state index in [2.05, 4.69) is 27.9 Å². The molecule has 1 unspecified atom stereocenters. The van der Waals surface area contributed by atoms with Gasteiger partial charge in [-0.05, 0) is 37.0 Å². The lowest BCUT2D eigenvalue weighted by Gasteiger charge is -2.15. The number of aryl methyl sites for hydroxylation is 1. The summed E-state index contributed by atoms with van der Waals surface area (Å²) in [7, 11) is 1.69. The van der Waals surface area contributed by atoms with E-state index in [0.717, 1.165) is 31.6 Å². The zero-order chi connectivity index (χ0) is 16.5. The lowest BCUT2D eigenvalue weighted by molar-refractivity contribution is -0.115. The molecule has 1 aliphatic rings. The average Bonchev–Trinajstić information content (AvgIpc) is 3.08. The van der Waals surface area contributed by atoms with Crippen molar-refractivity contribution in [1.82, 2.24) is 10.6 Å². The van der Waals surface area contributed by atoms with Crippen LogP contribution in [0.25, 0.3) is 0 Å². The van der Waals surface area contributed by atoms with E-state index in [-0.39, 0.29) is 18.6 Å². The third kappa shape index (κ3) is 5.90. The minimum atomic E-state index is -0.0988. The Bertz CT molecular complexity index is 539. The molecule has 0 radical (unpaired) electrons. The molecule has 0 saturated carbocycles. The van der Waals surface area contributed by atoms with Crippen LogP contribution in [-0.2, 0) is 16.0 Å². The number of hydrogen-bond donors (Lipinski definition) is 3. The normalized spacial score (nSPS) is 17.8. The minimum absolute atomic E-state index is 0.0988. The van der Waals surface area contributed by atoms with E-state index in [1.54, 1.807) is 7.05 Å². The van der Waals surface area contributed by atoms with Crippen molar-refractivity contribution in [2.45, 2.75) is 32.3 Å². The number of rotatable bonds is 6. The van der Waals surface area contributed by atoms with Gasteiger partial charge in [0.1, 0.15) is 0 Å². The quantitative estimate of drug-likeness (QED) is 0.549. The highest BCUT2D eigenvalue weighted by molar-refractivity contribution is 5.95. The Morgan fingerprint density at radius 1 is 1.39 bits per heavy atom. The molecule has 1 atom stereocenters. The molecule has 1 heterocycles. The predicted octanol–water partition coefficient (Wildman–Crippen LogP) is 1.53. The molecule has 6 nitrogen and oxygen atoms in total. The monoisotopic (exact) mass is 318 g/mol. The first-order valence-corrected chi connectivity index (χ1v) is 8.16. The van der Waals surface area contributed by atoms with E-state index in [9.17, 15) is 4.79 Å². The number of hydrogen-bond acceptors (Lipinski definition) is 3. The summed E-state index contributed by atoms with van der Waals surface area (Å²) < 4.78 is 5.55. The second-order valence-corrected chi connectivity index (χ2v) is 5.54. The van der Waals surface area contributed by atoms with Crippen molar-refractivity contribution < 1.29 is 9.53 Å². The van der Waals surface area contributed by atoms with Crippen LogP contribution in [0.15, 0.2) is 29.3 Å². The highest BCUT2D eigenvalue weighted by atomic mass is 16.5. The van der Waals surface area contributed by atoms with Crippen LogP contribution in [0.2, 0.25) is 0 Å².